The Morgan fingerprint density at radius 1 is 1.18 bits per heavy atom. The number of aromatic nitrogens is 2. The van der Waals surface area contributed by atoms with Crippen molar-refractivity contribution in [3.8, 4) is 0 Å². The summed E-state index contributed by atoms with van der Waals surface area (Å²) in [6.45, 7) is -2.57. The quantitative estimate of drug-likeness (QED) is 0.734. The fourth-order valence-corrected chi connectivity index (χ4v) is 2.01. The molecule has 1 N–H and O–H groups in total. The molecule has 0 amide bonds. The highest BCUT2D eigenvalue weighted by Crippen LogP contribution is 2.06. The number of nitrogens with zero attached hydrogens (tertiary/aromatic N) is 3. The van der Waals surface area contributed by atoms with Crippen LogP contribution in [0.1, 0.15) is 0 Å². The third-order valence-corrected chi connectivity index (χ3v) is 2.83. The lowest BCUT2D eigenvalue weighted by Gasteiger charge is -2.34. The third-order valence-electron chi connectivity index (χ3n) is 2.83. The third kappa shape index (κ3) is 3.59. The van der Waals surface area contributed by atoms with Gasteiger partial charge in [-0.25, -0.2) is 9.97 Å². The van der Waals surface area contributed by atoms with Gasteiger partial charge in [-0.1, -0.05) is 0 Å². The molecule has 2 rings (SSSR count). The lowest BCUT2D eigenvalue weighted by atomic mass is 9.91. The van der Waals surface area contributed by atoms with E-state index < -0.39 is 13.4 Å². The minimum Gasteiger partial charge on any atom is -0.445 e. The first kappa shape index (κ1) is 12.2. The Bertz CT molecular complexity index is 351. The smallest absolute Gasteiger partial charge is 0.445 e. The van der Waals surface area contributed by atoms with Crippen LogP contribution >= 0.6 is 0 Å². The monoisotopic (exact) mass is 246 g/mol. The summed E-state index contributed by atoms with van der Waals surface area (Å²) in [5.74, 6) is 0.601. The summed E-state index contributed by atoms with van der Waals surface area (Å²) in [5.41, 5.74) is 0. The van der Waals surface area contributed by atoms with Crippen LogP contribution in [0.4, 0.5) is 18.9 Å². The van der Waals surface area contributed by atoms with E-state index in [-0.39, 0.29) is 0 Å². The molecule has 0 saturated carbocycles. The molecule has 1 aromatic rings. The lowest BCUT2D eigenvalue weighted by molar-refractivity contribution is -0.892. The molecule has 0 aromatic carbocycles. The van der Waals surface area contributed by atoms with Crippen LogP contribution in [-0.2, 0) is 0 Å². The molecule has 1 saturated heterocycles. The van der Waals surface area contributed by atoms with E-state index in [0.717, 1.165) is 0 Å². The van der Waals surface area contributed by atoms with Crippen molar-refractivity contribution in [1.29, 1.82) is 0 Å². The first-order valence-electron chi connectivity index (χ1n) is 5.61. The van der Waals surface area contributed by atoms with Gasteiger partial charge in [0.05, 0.1) is 32.6 Å². The van der Waals surface area contributed by atoms with Crippen LogP contribution in [0.3, 0.4) is 0 Å². The van der Waals surface area contributed by atoms with E-state index in [1.54, 1.807) is 18.5 Å². The van der Waals surface area contributed by atoms with Crippen LogP contribution in [0.2, 0.25) is 0 Å². The number of hydrogen-bond donors (Lipinski definition) is 1. The van der Waals surface area contributed by atoms with Crippen molar-refractivity contribution in [1.82, 2.24) is 9.97 Å². The second-order valence-corrected chi connectivity index (χ2v) is 4.20. The summed E-state index contributed by atoms with van der Waals surface area (Å²) in [7, 11) is 0. The molecule has 0 atom stereocenters. The zero-order valence-corrected chi connectivity index (χ0v) is 9.32. The van der Waals surface area contributed by atoms with Crippen molar-refractivity contribution in [2.24, 2.45) is 0 Å². The molecule has 1 fully saturated rings. The van der Waals surface area contributed by atoms with Gasteiger partial charge in [-0.15, -0.1) is 0 Å². The Morgan fingerprint density at radius 3 is 2.29 bits per heavy atom. The van der Waals surface area contributed by atoms with Gasteiger partial charge in [-0.2, -0.15) is 0 Å². The van der Waals surface area contributed by atoms with Crippen molar-refractivity contribution in [2.75, 3.05) is 37.5 Å². The zero-order valence-electron chi connectivity index (χ0n) is 9.32. The van der Waals surface area contributed by atoms with Gasteiger partial charge in [0.1, 0.15) is 0 Å². The summed E-state index contributed by atoms with van der Waals surface area (Å²) in [6.07, 6.45) is 2.59. The molecular weight excluding hydrogens is 232 g/mol. The predicted molar refractivity (Wildman–Crippen MR) is 58.9 cm³/mol. The van der Waals surface area contributed by atoms with E-state index in [0.29, 0.717) is 37.0 Å². The number of halogens is 3. The molecule has 8 heteroatoms. The number of quaternary nitrogens is 1. The van der Waals surface area contributed by atoms with Crippen LogP contribution in [-0.4, -0.2) is 49.6 Å². The largest absolute Gasteiger partial charge is 0.531 e. The van der Waals surface area contributed by atoms with Gasteiger partial charge in [0.2, 0.25) is 5.95 Å². The van der Waals surface area contributed by atoms with E-state index in [4.69, 9.17) is 0 Å². The Labute approximate surface area is 97.5 Å². The average Bonchev–Trinajstić information content (AvgIpc) is 2.29. The van der Waals surface area contributed by atoms with Crippen LogP contribution in [0.5, 0.6) is 0 Å². The Morgan fingerprint density at radius 2 is 1.76 bits per heavy atom. The summed E-state index contributed by atoms with van der Waals surface area (Å²) >= 11 is 0. The van der Waals surface area contributed by atoms with E-state index in [9.17, 15) is 12.9 Å². The maximum atomic E-state index is 12.3. The minimum atomic E-state index is -4.69. The van der Waals surface area contributed by atoms with Gasteiger partial charge in [0, 0.05) is 12.4 Å². The highest BCUT2D eigenvalue weighted by molar-refractivity contribution is 6.58. The van der Waals surface area contributed by atoms with Crippen LogP contribution in [0.25, 0.3) is 0 Å². The normalized spacial score (nSPS) is 18.4. The fraction of sp³-hybridized carbons (Fsp3) is 0.556. The van der Waals surface area contributed by atoms with Crippen LogP contribution in [0.15, 0.2) is 18.5 Å². The second-order valence-electron chi connectivity index (χ2n) is 4.20. The van der Waals surface area contributed by atoms with Crippen molar-refractivity contribution in [2.45, 2.75) is 0 Å². The Hall–Kier alpha value is -1.31. The summed E-state index contributed by atoms with van der Waals surface area (Å²) in [6, 6.07) is 1.72. The number of piperazine rings is 1. The molecule has 0 aliphatic carbocycles. The standard InChI is InChI=1S/C9H13BF3N4/c11-10(12,13)8-16-4-6-17(7-5-16)9-14-2-1-3-15-9/h1-3H,4-8H2/q-1/p+1. The SMILES string of the molecule is F[B-](F)(F)C[NH+]1CCN(c2ncccn2)CC1. The number of anilines is 1. The van der Waals surface area contributed by atoms with Gasteiger partial charge in [0.15, 0.2) is 0 Å². The maximum Gasteiger partial charge on any atom is 0.531 e. The molecule has 1 aliphatic heterocycles. The van der Waals surface area contributed by atoms with Crippen molar-refractivity contribution in [3.63, 3.8) is 0 Å². The van der Waals surface area contributed by atoms with E-state index >= 15 is 0 Å². The van der Waals surface area contributed by atoms with Gasteiger partial charge in [0.25, 0.3) is 0 Å². The zero-order chi connectivity index (χ0) is 12.3. The summed E-state index contributed by atoms with van der Waals surface area (Å²) in [5, 5.41) is 0. The van der Waals surface area contributed by atoms with Crippen molar-refractivity contribution >= 4 is 12.9 Å². The predicted octanol–water partition coefficient (Wildman–Crippen LogP) is -0.432. The molecule has 17 heavy (non-hydrogen) atoms. The topological polar surface area (TPSA) is 33.5 Å². The van der Waals surface area contributed by atoms with Crippen molar-refractivity contribution in [3.05, 3.63) is 18.5 Å². The number of nitrogens with one attached hydrogen (secondary N) is 1. The first-order valence-corrected chi connectivity index (χ1v) is 5.61. The molecular formula is C9H14BF3N4. The van der Waals surface area contributed by atoms with Crippen LogP contribution in [0, 0.1) is 0 Å². The fourth-order valence-electron chi connectivity index (χ4n) is 2.01. The molecule has 0 unspecified atom stereocenters. The molecule has 1 aliphatic rings. The number of rotatable bonds is 3. The minimum absolute atomic E-state index is 0.486. The van der Waals surface area contributed by atoms with Gasteiger partial charge in [-0.05, 0) is 6.07 Å². The molecule has 4 nitrogen and oxygen atoms in total. The van der Waals surface area contributed by atoms with Gasteiger partial charge in [-0.3, -0.25) is 0 Å². The molecule has 0 bridgehead atoms. The summed E-state index contributed by atoms with van der Waals surface area (Å²) < 4.78 is 36.8. The number of hydrogen-bond acceptors (Lipinski definition) is 3. The maximum absolute atomic E-state index is 12.3. The summed E-state index contributed by atoms with van der Waals surface area (Å²) in [4.78, 5) is 10.7. The van der Waals surface area contributed by atoms with Gasteiger partial charge >= 0.3 is 6.98 Å². The van der Waals surface area contributed by atoms with E-state index in [2.05, 4.69) is 9.97 Å². The highest BCUT2D eigenvalue weighted by Gasteiger charge is 2.32. The van der Waals surface area contributed by atoms with Crippen molar-refractivity contribution < 1.29 is 17.8 Å². The second kappa shape index (κ2) is 4.91. The lowest BCUT2D eigenvalue weighted by Crippen LogP contribution is -3.16. The molecule has 2 heterocycles. The first-order chi connectivity index (χ1) is 8.04. The molecule has 0 spiro atoms. The van der Waals surface area contributed by atoms with E-state index in [1.165, 1.54) is 0 Å². The highest BCUT2D eigenvalue weighted by atomic mass is 19.4. The molecule has 0 radical (unpaired) electrons. The van der Waals surface area contributed by atoms with Gasteiger partial charge < -0.3 is 22.7 Å². The Balaban J connectivity index is 1.86. The molecule has 94 valence electrons. The van der Waals surface area contributed by atoms with Crippen LogP contribution < -0.4 is 9.80 Å². The van der Waals surface area contributed by atoms with E-state index in [1.807, 2.05) is 4.90 Å². The average molecular weight is 246 g/mol. The molecule has 1 aromatic heterocycles. The Kier molecular flexibility index (Phi) is 3.51.